The third kappa shape index (κ3) is 2.38. The molecule has 94 valence electrons. The number of carboxylic acids is 1. The molecule has 5 nitrogen and oxygen atoms in total. The molecule has 0 saturated heterocycles. The molecule has 0 aromatic heterocycles. The number of sulfone groups is 1. The second-order valence-electron chi connectivity index (χ2n) is 4.78. The Morgan fingerprint density at radius 1 is 1.50 bits per heavy atom. The molecule has 1 N–H and O–H groups in total. The van der Waals surface area contributed by atoms with Crippen molar-refractivity contribution in [3.63, 3.8) is 0 Å². The van der Waals surface area contributed by atoms with Gasteiger partial charge in [-0.1, -0.05) is 6.42 Å². The molecule has 16 heavy (non-hydrogen) atoms. The lowest BCUT2D eigenvalue weighted by atomic mass is 9.91. The molecule has 1 aliphatic rings. The van der Waals surface area contributed by atoms with Crippen LogP contribution in [0.3, 0.4) is 0 Å². The van der Waals surface area contributed by atoms with E-state index >= 15 is 0 Å². The summed E-state index contributed by atoms with van der Waals surface area (Å²) in [4.78, 5) is 12.7. The Morgan fingerprint density at radius 3 is 2.44 bits per heavy atom. The summed E-state index contributed by atoms with van der Waals surface area (Å²) in [6.07, 6.45) is 3.04. The summed E-state index contributed by atoms with van der Waals surface area (Å²) in [5, 5.41) is 8.39. The predicted molar refractivity (Wildman–Crippen MR) is 61.2 cm³/mol. The van der Waals surface area contributed by atoms with Gasteiger partial charge in [0.2, 0.25) is 0 Å². The van der Waals surface area contributed by atoms with Gasteiger partial charge in [-0.25, -0.2) is 8.42 Å². The van der Waals surface area contributed by atoms with E-state index in [0.29, 0.717) is 12.8 Å². The number of carbonyl (C=O) groups is 1. The highest BCUT2D eigenvalue weighted by Gasteiger charge is 2.50. The van der Waals surface area contributed by atoms with E-state index < -0.39 is 26.6 Å². The molecule has 0 aromatic carbocycles. The molecule has 1 saturated carbocycles. The molecule has 0 amide bonds. The van der Waals surface area contributed by atoms with Crippen molar-refractivity contribution in [3.05, 3.63) is 0 Å². The van der Waals surface area contributed by atoms with Gasteiger partial charge >= 0.3 is 5.97 Å². The maximum atomic E-state index is 11.7. The topological polar surface area (TPSA) is 74.7 Å². The molecular weight excluding hydrogens is 230 g/mol. The van der Waals surface area contributed by atoms with Crippen LogP contribution in [0.25, 0.3) is 0 Å². The van der Waals surface area contributed by atoms with Crippen molar-refractivity contribution < 1.29 is 18.3 Å². The van der Waals surface area contributed by atoms with Gasteiger partial charge < -0.3 is 10.0 Å². The maximum Gasteiger partial charge on any atom is 0.305 e. The van der Waals surface area contributed by atoms with E-state index in [1.54, 1.807) is 19.0 Å². The van der Waals surface area contributed by atoms with Crippen molar-refractivity contribution in [3.8, 4) is 0 Å². The standard InChI is InChI=1S/C10H19NO4S/c1-11(2)10(7-9(12)13)6-4-5-8(10)16(3,14)15/h8H,4-7H2,1-3H3,(H,12,13). The molecule has 1 fully saturated rings. The van der Waals surface area contributed by atoms with Crippen LogP contribution in [0, 0.1) is 0 Å². The van der Waals surface area contributed by atoms with Gasteiger partial charge in [-0.2, -0.15) is 0 Å². The van der Waals surface area contributed by atoms with Crippen molar-refractivity contribution in [1.82, 2.24) is 4.90 Å². The van der Waals surface area contributed by atoms with Gasteiger partial charge in [0.15, 0.2) is 9.84 Å². The Hall–Kier alpha value is -0.620. The van der Waals surface area contributed by atoms with Crippen LogP contribution in [0.1, 0.15) is 25.7 Å². The number of carboxylic acid groups (broad SMARTS) is 1. The monoisotopic (exact) mass is 249 g/mol. The van der Waals surface area contributed by atoms with Crippen LogP contribution in [0.2, 0.25) is 0 Å². The fourth-order valence-corrected chi connectivity index (χ4v) is 4.57. The third-order valence-electron chi connectivity index (χ3n) is 3.54. The Labute approximate surface area is 96.4 Å². The molecule has 0 aliphatic heterocycles. The van der Waals surface area contributed by atoms with Crippen molar-refractivity contribution in [1.29, 1.82) is 0 Å². The first-order valence-corrected chi connectivity index (χ1v) is 7.24. The van der Waals surface area contributed by atoms with Crippen molar-refractivity contribution in [2.45, 2.75) is 36.5 Å². The summed E-state index contributed by atoms with van der Waals surface area (Å²) < 4.78 is 23.4. The van der Waals surface area contributed by atoms with Crippen LogP contribution in [0.15, 0.2) is 0 Å². The molecule has 2 unspecified atom stereocenters. The van der Waals surface area contributed by atoms with Crippen LogP contribution in [-0.2, 0) is 14.6 Å². The number of hydrogen-bond acceptors (Lipinski definition) is 4. The van der Waals surface area contributed by atoms with E-state index in [0.717, 1.165) is 6.42 Å². The largest absolute Gasteiger partial charge is 0.481 e. The van der Waals surface area contributed by atoms with Gasteiger partial charge in [0.05, 0.1) is 11.7 Å². The first kappa shape index (κ1) is 13.4. The van der Waals surface area contributed by atoms with E-state index in [4.69, 9.17) is 5.11 Å². The van der Waals surface area contributed by atoms with Gasteiger partial charge in [-0.3, -0.25) is 4.79 Å². The fourth-order valence-electron chi connectivity index (χ4n) is 2.77. The van der Waals surface area contributed by atoms with E-state index in [-0.39, 0.29) is 6.42 Å². The fraction of sp³-hybridized carbons (Fsp3) is 0.900. The summed E-state index contributed by atoms with van der Waals surface area (Å²) in [5.41, 5.74) is -0.737. The van der Waals surface area contributed by atoms with E-state index in [2.05, 4.69) is 0 Å². The molecule has 2 atom stereocenters. The zero-order chi connectivity index (χ0) is 12.6. The highest BCUT2D eigenvalue weighted by atomic mass is 32.2. The van der Waals surface area contributed by atoms with Crippen molar-refractivity contribution in [2.24, 2.45) is 0 Å². The summed E-state index contributed by atoms with van der Waals surface area (Å²) in [6, 6.07) is 0. The molecular formula is C10H19NO4S. The average Bonchev–Trinajstić information content (AvgIpc) is 2.46. The summed E-state index contributed by atoms with van der Waals surface area (Å²) >= 11 is 0. The Morgan fingerprint density at radius 2 is 2.06 bits per heavy atom. The number of nitrogens with zero attached hydrogens (tertiary/aromatic N) is 1. The third-order valence-corrected chi connectivity index (χ3v) is 5.25. The Bertz CT molecular complexity index is 376. The maximum absolute atomic E-state index is 11.7. The average molecular weight is 249 g/mol. The lowest BCUT2D eigenvalue weighted by molar-refractivity contribution is -0.139. The summed E-state index contributed by atoms with van der Waals surface area (Å²) in [7, 11) is 0.307. The quantitative estimate of drug-likeness (QED) is 0.778. The smallest absolute Gasteiger partial charge is 0.305 e. The highest BCUT2D eigenvalue weighted by Crippen LogP contribution is 2.40. The van der Waals surface area contributed by atoms with Gasteiger partial charge in [0.1, 0.15) is 0 Å². The molecule has 0 aromatic rings. The van der Waals surface area contributed by atoms with E-state index in [1.807, 2.05) is 0 Å². The van der Waals surface area contributed by atoms with Crippen LogP contribution in [0.4, 0.5) is 0 Å². The van der Waals surface area contributed by atoms with Gasteiger partial charge in [-0.15, -0.1) is 0 Å². The van der Waals surface area contributed by atoms with Crippen LogP contribution in [0.5, 0.6) is 0 Å². The number of rotatable bonds is 4. The van der Waals surface area contributed by atoms with Gasteiger partial charge in [-0.05, 0) is 26.9 Å². The lowest BCUT2D eigenvalue weighted by Gasteiger charge is -2.39. The molecule has 0 spiro atoms. The molecule has 1 aliphatic carbocycles. The minimum atomic E-state index is -3.21. The normalized spacial score (nSPS) is 30.9. The molecule has 0 bridgehead atoms. The summed E-state index contributed by atoms with van der Waals surface area (Å²) in [6.45, 7) is 0. The zero-order valence-corrected chi connectivity index (χ0v) is 10.7. The second-order valence-corrected chi connectivity index (χ2v) is 7.01. The van der Waals surface area contributed by atoms with E-state index in [1.165, 1.54) is 6.26 Å². The SMILES string of the molecule is CN(C)C1(CC(=O)O)CCCC1S(C)(=O)=O. The van der Waals surface area contributed by atoms with Gasteiger partial charge in [0.25, 0.3) is 0 Å². The Kier molecular flexibility index (Phi) is 3.64. The minimum Gasteiger partial charge on any atom is -0.481 e. The van der Waals surface area contributed by atoms with Crippen LogP contribution >= 0.6 is 0 Å². The number of aliphatic carboxylic acids is 1. The van der Waals surface area contributed by atoms with Crippen LogP contribution in [-0.4, -0.2) is 55.5 Å². The minimum absolute atomic E-state index is 0.113. The Balaban J connectivity index is 3.13. The number of hydrogen-bond donors (Lipinski definition) is 1. The lowest BCUT2D eigenvalue weighted by Crippen LogP contribution is -2.54. The van der Waals surface area contributed by atoms with E-state index in [9.17, 15) is 13.2 Å². The second kappa shape index (κ2) is 4.33. The van der Waals surface area contributed by atoms with Gasteiger partial charge in [0, 0.05) is 11.8 Å². The molecule has 1 rings (SSSR count). The first-order valence-electron chi connectivity index (χ1n) is 5.28. The van der Waals surface area contributed by atoms with Crippen molar-refractivity contribution in [2.75, 3.05) is 20.4 Å². The first-order chi connectivity index (χ1) is 7.20. The highest BCUT2D eigenvalue weighted by molar-refractivity contribution is 7.91. The zero-order valence-electron chi connectivity index (χ0n) is 9.93. The molecule has 6 heteroatoms. The van der Waals surface area contributed by atoms with Crippen molar-refractivity contribution >= 4 is 15.8 Å². The molecule has 0 radical (unpaired) electrons. The van der Waals surface area contributed by atoms with Crippen LogP contribution < -0.4 is 0 Å². The predicted octanol–water partition coefficient (Wildman–Crippen LogP) is 0.359. The molecule has 0 heterocycles. The summed E-state index contributed by atoms with van der Waals surface area (Å²) in [5.74, 6) is -0.941.